The largest absolute Gasteiger partial charge is 0.490 e. The highest BCUT2D eigenvalue weighted by molar-refractivity contribution is 8.42. The molecular weight excluding hydrogens is 512 g/mol. The summed E-state index contributed by atoms with van der Waals surface area (Å²) in [6, 6.07) is 10.9. The Morgan fingerprint density at radius 3 is 2.51 bits per heavy atom. The number of benzene rings is 2. The third-order valence-corrected chi connectivity index (χ3v) is 7.83. The highest BCUT2D eigenvalue weighted by atomic mass is 35.5. The molecule has 12 heteroatoms. The van der Waals surface area contributed by atoms with Crippen LogP contribution in [0.1, 0.15) is 16.7 Å². The van der Waals surface area contributed by atoms with Crippen molar-refractivity contribution in [2.75, 3.05) is 19.5 Å². The molecule has 0 bridgehead atoms. The lowest BCUT2D eigenvalue weighted by Crippen LogP contribution is -2.35. The molecule has 35 heavy (non-hydrogen) atoms. The third kappa shape index (κ3) is 5.58. The number of rotatable bonds is 6. The fraction of sp³-hybridized carbons (Fsp3) is 0.217. The second-order valence-electron chi connectivity index (χ2n) is 7.81. The number of carbonyl (C=O) groups is 1. The van der Waals surface area contributed by atoms with Crippen molar-refractivity contribution >= 4 is 60.6 Å². The number of ether oxygens (including phenoxy) is 2. The monoisotopic (exact) mass is 532 g/mol. The van der Waals surface area contributed by atoms with Gasteiger partial charge in [-0.3, -0.25) is 10.2 Å². The number of halogens is 1. The van der Waals surface area contributed by atoms with Gasteiger partial charge in [0.25, 0.3) is 5.91 Å². The van der Waals surface area contributed by atoms with E-state index in [0.29, 0.717) is 22.9 Å². The maximum absolute atomic E-state index is 12.5. The molecule has 0 spiro atoms. The Kier molecular flexibility index (Phi) is 7.02. The zero-order valence-corrected chi connectivity index (χ0v) is 21.4. The Hall–Kier alpha value is -3.15. The van der Waals surface area contributed by atoms with Crippen LogP contribution < -0.4 is 9.47 Å². The number of sulfone groups is 1. The van der Waals surface area contributed by atoms with Crippen molar-refractivity contribution in [1.29, 1.82) is 5.41 Å². The Morgan fingerprint density at radius 2 is 1.83 bits per heavy atom. The van der Waals surface area contributed by atoms with Gasteiger partial charge >= 0.3 is 0 Å². The SMILES string of the molecule is Cc1ccc(C)c(OCCOc2ccc(/C=C3\C(=N)N4N=C(S(C)(=O)=O)SC4=NC3=O)cc2Cl)c1. The molecule has 2 aromatic carbocycles. The van der Waals surface area contributed by atoms with E-state index in [9.17, 15) is 13.2 Å². The number of amidine groups is 2. The molecular formula is C23H21ClN4O5S2. The Labute approximate surface area is 211 Å². The highest BCUT2D eigenvalue weighted by Gasteiger charge is 2.38. The van der Waals surface area contributed by atoms with Gasteiger partial charge in [0.2, 0.25) is 19.4 Å². The topological polar surface area (TPSA) is 121 Å². The number of hydrogen-bond acceptors (Lipinski definition) is 8. The molecule has 0 aliphatic carbocycles. The minimum absolute atomic E-state index is 0.0300. The number of nitrogens with one attached hydrogen (secondary N) is 1. The number of amides is 1. The fourth-order valence-corrected chi connectivity index (χ4v) is 5.11. The second-order valence-corrected chi connectivity index (χ2v) is 11.4. The summed E-state index contributed by atoms with van der Waals surface area (Å²) in [6.07, 6.45) is 2.45. The zero-order chi connectivity index (χ0) is 25.3. The number of carbonyl (C=O) groups excluding carboxylic acids is 1. The molecule has 1 amide bonds. The maximum Gasteiger partial charge on any atom is 0.283 e. The lowest BCUT2D eigenvalue weighted by molar-refractivity contribution is -0.114. The fourth-order valence-electron chi connectivity index (χ4n) is 3.18. The summed E-state index contributed by atoms with van der Waals surface area (Å²) < 4.78 is 34.8. The van der Waals surface area contributed by atoms with Gasteiger partial charge in [0.05, 0.1) is 10.6 Å². The molecule has 182 valence electrons. The van der Waals surface area contributed by atoms with Crippen LogP contribution in [0.2, 0.25) is 5.02 Å². The van der Waals surface area contributed by atoms with Gasteiger partial charge in [-0.1, -0.05) is 29.8 Å². The van der Waals surface area contributed by atoms with Crippen LogP contribution in [0.5, 0.6) is 11.5 Å². The van der Waals surface area contributed by atoms with Crippen molar-refractivity contribution < 1.29 is 22.7 Å². The molecule has 0 atom stereocenters. The average Bonchev–Trinajstić information content (AvgIpc) is 3.22. The molecule has 0 saturated heterocycles. The quantitative estimate of drug-likeness (QED) is 0.440. The molecule has 0 aromatic heterocycles. The van der Waals surface area contributed by atoms with E-state index in [2.05, 4.69) is 10.1 Å². The summed E-state index contributed by atoms with van der Waals surface area (Å²) >= 11 is 7.09. The van der Waals surface area contributed by atoms with Crippen LogP contribution in [-0.2, 0) is 14.6 Å². The van der Waals surface area contributed by atoms with E-state index in [-0.39, 0.29) is 27.6 Å². The van der Waals surface area contributed by atoms with Crippen molar-refractivity contribution in [1.82, 2.24) is 5.01 Å². The number of nitrogens with zero attached hydrogens (tertiary/aromatic N) is 3. The van der Waals surface area contributed by atoms with E-state index in [4.69, 9.17) is 26.5 Å². The number of thioether (sulfide) groups is 1. The Balaban J connectivity index is 1.43. The van der Waals surface area contributed by atoms with Crippen LogP contribution in [0.25, 0.3) is 6.08 Å². The minimum Gasteiger partial charge on any atom is -0.490 e. The molecule has 0 unspecified atom stereocenters. The van der Waals surface area contributed by atoms with Crippen LogP contribution in [0.4, 0.5) is 0 Å². The predicted molar refractivity (Wildman–Crippen MR) is 138 cm³/mol. The van der Waals surface area contributed by atoms with Gasteiger partial charge in [0.15, 0.2) is 5.84 Å². The van der Waals surface area contributed by atoms with Crippen LogP contribution in [-0.4, -0.2) is 54.2 Å². The average molecular weight is 533 g/mol. The van der Waals surface area contributed by atoms with Gasteiger partial charge in [-0.25, -0.2) is 8.42 Å². The van der Waals surface area contributed by atoms with Gasteiger partial charge in [0.1, 0.15) is 24.7 Å². The smallest absolute Gasteiger partial charge is 0.283 e. The Morgan fingerprint density at radius 1 is 1.11 bits per heavy atom. The molecule has 9 nitrogen and oxygen atoms in total. The number of fused-ring (bicyclic) bond motifs is 1. The van der Waals surface area contributed by atoms with E-state index < -0.39 is 15.7 Å². The lowest BCUT2D eigenvalue weighted by Gasteiger charge is -2.20. The van der Waals surface area contributed by atoms with Crippen molar-refractivity contribution in [3.8, 4) is 11.5 Å². The zero-order valence-electron chi connectivity index (χ0n) is 19.0. The number of hydrazone groups is 1. The molecule has 2 aromatic rings. The van der Waals surface area contributed by atoms with Crippen molar-refractivity contribution in [2.45, 2.75) is 13.8 Å². The van der Waals surface area contributed by atoms with Crippen molar-refractivity contribution in [3.63, 3.8) is 0 Å². The molecule has 0 saturated carbocycles. The number of hydrogen-bond donors (Lipinski definition) is 1. The summed E-state index contributed by atoms with van der Waals surface area (Å²) in [5, 5.41) is 13.6. The van der Waals surface area contributed by atoms with Crippen LogP contribution in [0, 0.1) is 19.3 Å². The van der Waals surface area contributed by atoms with Crippen LogP contribution in [0.15, 0.2) is 52.1 Å². The highest BCUT2D eigenvalue weighted by Crippen LogP contribution is 2.31. The second kappa shape index (κ2) is 9.84. The first-order chi connectivity index (χ1) is 16.5. The predicted octanol–water partition coefficient (Wildman–Crippen LogP) is 4.04. The summed E-state index contributed by atoms with van der Waals surface area (Å²) in [5.41, 5.74) is 2.65. The van der Waals surface area contributed by atoms with E-state index in [1.54, 1.807) is 18.2 Å². The van der Waals surface area contributed by atoms with Crippen molar-refractivity contribution in [3.05, 3.63) is 63.7 Å². The summed E-state index contributed by atoms with van der Waals surface area (Å²) in [7, 11) is -3.60. The first-order valence-electron chi connectivity index (χ1n) is 10.4. The first-order valence-corrected chi connectivity index (χ1v) is 13.4. The molecule has 0 radical (unpaired) electrons. The summed E-state index contributed by atoms with van der Waals surface area (Å²) in [5.74, 6) is 0.309. The molecule has 1 N–H and O–H groups in total. The first kappa shape index (κ1) is 25.0. The maximum atomic E-state index is 12.5. The van der Waals surface area contributed by atoms with Crippen molar-refractivity contribution in [2.24, 2.45) is 10.1 Å². The van der Waals surface area contributed by atoms with E-state index in [1.807, 2.05) is 32.0 Å². The third-order valence-electron chi connectivity index (χ3n) is 4.96. The Bertz CT molecular complexity index is 1430. The normalized spacial score (nSPS) is 16.8. The van der Waals surface area contributed by atoms with Crippen LogP contribution >= 0.6 is 23.4 Å². The van der Waals surface area contributed by atoms with E-state index in [1.165, 1.54) is 6.08 Å². The van der Waals surface area contributed by atoms with Crippen LogP contribution in [0.3, 0.4) is 0 Å². The standard InChI is InChI=1S/C23H21ClN4O5S2/c1-13-4-5-14(2)19(10-13)33-9-8-32-18-7-6-15(12-17(18)24)11-16-20(25)28-22(26-21(16)29)34-23(27-28)35(3,30)31/h4-7,10-12,25H,8-9H2,1-3H3/b16-11+,25-20?. The number of aryl methyl sites for hydroxylation is 2. The summed E-state index contributed by atoms with van der Waals surface area (Å²) in [6.45, 7) is 4.59. The molecule has 2 aliphatic heterocycles. The van der Waals surface area contributed by atoms with Gasteiger partial charge < -0.3 is 9.47 Å². The minimum atomic E-state index is -3.60. The molecule has 2 aliphatic rings. The van der Waals surface area contributed by atoms with Gasteiger partial charge in [-0.15, -0.1) is 5.10 Å². The molecule has 0 fully saturated rings. The molecule has 2 heterocycles. The molecule has 4 rings (SSSR count). The lowest BCUT2D eigenvalue weighted by atomic mass is 10.1. The number of aliphatic imine (C=N–C) groups is 1. The van der Waals surface area contributed by atoms with E-state index >= 15 is 0 Å². The van der Waals surface area contributed by atoms with Gasteiger partial charge in [-0.05, 0) is 66.6 Å². The van der Waals surface area contributed by atoms with E-state index in [0.717, 1.165) is 39.9 Å². The van der Waals surface area contributed by atoms with Gasteiger partial charge in [-0.2, -0.15) is 10.0 Å². The van der Waals surface area contributed by atoms with Gasteiger partial charge in [0, 0.05) is 6.26 Å². The summed E-state index contributed by atoms with van der Waals surface area (Å²) in [4.78, 5) is 16.4.